The summed E-state index contributed by atoms with van der Waals surface area (Å²) in [5, 5.41) is 0. The Bertz CT molecular complexity index is 495. The molecule has 0 aromatic heterocycles. The predicted octanol–water partition coefficient (Wildman–Crippen LogP) is 2.68. The van der Waals surface area contributed by atoms with Crippen LogP contribution < -0.4 is 4.72 Å². The molecule has 0 bridgehead atoms. The quantitative estimate of drug-likeness (QED) is 0.895. The molecule has 3 nitrogen and oxygen atoms in total. The van der Waals surface area contributed by atoms with Gasteiger partial charge in [0.25, 0.3) is 0 Å². The first-order valence-electron chi connectivity index (χ1n) is 6.33. The van der Waals surface area contributed by atoms with Gasteiger partial charge in [0, 0.05) is 6.54 Å². The van der Waals surface area contributed by atoms with E-state index in [-0.39, 0.29) is 4.90 Å². The molecule has 1 aliphatic rings. The largest absolute Gasteiger partial charge is 0.240 e. The van der Waals surface area contributed by atoms with Crippen LogP contribution in [-0.2, 0) is 10.0 Å². The van der Waals surface area contributed by atoms with Crippen molar-refractivity contribution in [3.63, 3.8) is 0 Å². The Morgan fingerprint density at radius 2 is 2.00 bits per heavy atom. The summed E-state index contributed by atoms with van der Waals surface area (Å²) < 4.78 is 39.3. The lowest BCUT2D eigenvalue weighted by Crippen LogP contribution is -2.26. The first kappa shape index (κ1) is 13.5. The Morgan fingerprint density at radius 3 is 2.67 bits per heavy atom. The number of hydrogen-bond donors (Lipinski definition) is 1. The highest BCUT2D eigenvalue weighted by Gasteiger charge is 2.17. The molecule has 18 heavy (non-hydrogen) atoms. The smallest absolute Gasteiger partial charge is 0.211 e. The molecule has 0 amide bonds. The van der Waals surface area contributed by atoms with Gasteiger partial charge in [-0.15, -0.1) is 0 Å². The number of nitrogens with one attached hydrogen (secondary N) is 1. The third kappa shape index (κ3) is 3.53. The summed E-state index contributed by atoms with van der Waals surface area (Å²) in [7, 11) is -3.56. The van der Waals surface area contributed by atoms with E-state index < -0.39 is 15.8 Å². The normalized spacial score (nSPS) is 17.2. The van der Waals surface area contributed by atoms with Gasteiger partial charge in [0.1, 0.15) is 5.82 Å². The van der Waals surface area contributed by atoms with Gasteiger partial charge in [-0.1, -0.05) is 31.7 Å². The SMILES string of the molecule is O=S(=O)(NCCC1CCCC1)c1cccc(F)c1. The molecule has 5 heteroatoms. The monoisotopic (exact) mass is 271 g/mol. The van der Waals surface area contributed by atoms with Crippen LogP contribution in [0.5, 0.6) is 0 Å². The number of sulfonamides is 1. The molecule has 100 valence electrons. The van der Waals surface area contributed by atoms with Crippen molar-refractivity contribution in [2.45, 2.75) is 37.0 Å². The average Bonchev–Trinajstić information content (AvgIpc) is 2.82. The molecule has 1 N–H and O–H groups in total. The zero-order chi connectivity index (χ0) is 13.0. The Hall–Kier alpha value is -0.940. The minimum absolute atomic E-state index is 0.00563. The molecule has 2 rings (SSSR count). The van der Waals surface area contributed by atoms with Gasteiger partial charge in [-0.2, -0.15) is 0 Å². The maximum absolute atomic E-state index is 13.0. The molecule has 1 fully saturated rings. The van der Waals surface area contributed by atoms with E-state index in [1.54, 1.807) is 0 Å². The van der Waals surface area contributed by atoms with Crippen LogP contribution in [0.25, 0.3) is 0 Å². The van der Waals surface area contributed by atoms with Crippen molar-refractivity contribution in [1.29, 1.82) is 0 Å². The van der Waals surface area contributed by atoms with Crippen molar-refractivity contribution < 1.29 is 12.8 Å². The lowest BCUT2D eigenvalue weighted by molar-refractivity contribution is 0.495. The molecule has 1 aromatic carbocycles. The number of benzene rings is 1. The van der Waals surface area contributed by atoms with Gasteiger partial charge in [-0.05, 0) is 30.5 Å². The zero-order valence-electron chi connectivity index (χ0n) is 10.2. The molecule has 0 aliphatic heterocycles. The first-order chi connectivity index (χ1) is 8.58. The fourth-order valence-corrected chi connectivity index (χ4v) is 3.49. The van der Waals surface area contributed by atoms with E-state index in [1.165, 1.54) is 43.9 Å². The van der Waals surface area contributed by atoms with Crippen LogP contribution in [0.1, 0.15) is 32.1 Å². The van der Waals surface area contributed by atoms with Gasteiger partial charge in [0.15, 0.2) is 0 Å². The van der Waals surface area contributed by atoms with Crippen LogP contribution in [0.2, 0.25) is 0 Å². The molecule has 0 heterocycles. The van der Waals surface area contributed by atoms with Gasteiger partial charge in [0.2, 0.25) is 10.0 Å². The third-order valence-electron chi connectivity index (χ3n) is 3.43. The predicted molar refractivity (Wildman–Crippen MR) is 68.2 cm³/mol. The summed E-state index contributed by atoms with van der Waals surface area (Å²) in [4.78, 5) is -0.00563. The molecule has 0 saturated heterocycles. The van der Waals surface area contributed by atoms with Crippen molar-refractivity contribution in [2.75, 3.05) is 6.54 Å². The number of rotatable bonds is 5. The van der Waals surface area contributed by atoms with Gasteiger partial charge in [-0.25, -0.2) is 17.5 Å². The second-order valence-electron chi connectivity index (χ2n) is 4.79. The maximum atomic E-state index is 13.0. The minimum atomic E-state index is -3.56. The maximum Gasteiger partial charge on any atom is 0.240 e. The highest BCUT2D eigenvalue weighted by atomic mass is 32.2. The van der Waals surface area contributed by atoms with Crippen LogP contribution in [-0.4, -0.2) is 15.0 Å². The number of halogens is 1. The average molecular weight is 271 g/mol. The van der Waals surface area contributed by atoms with E-state index in [1.807, 2.05) is 0 Å². The zero-order valence-corrected chi connectivity index (χ0v) is 11.0. The molecule has 0 unspecified atom stereocenters. The highest BCUT2D eigenvalue weighted by Crippen LogP contribution is 2.27. The molecule has 1 aromatic rings. The van der Waals surface area contributed by atoms with Crippen LogP contribution in [0.3, 0.4) is 0 Å². The van der Waals surface area contributed by atoms with E-state index in [2.05, 4.69) is 4.72 Å². The Morgan fingerprint density at radius 1 is 1.28 bits per heavy atom. The fourth-order valence-electron chi connectivity index (χ4n) is 2.41. The summed E-state index contributed by atoms with van der Waals surface area (Å²) >= 11 is 0. The van der Waals surface area contributed by atoms with Crippen molar-refractivity contribution >= 4 is 10.0 Å². The molecule has 0 spiro atoms. The van der Waals surface area contributed by atoms with E-state index >= 15 is 0 Å². The number of hydrogen-bond acceptors (Lipinski definition) is 2. The summed E-state index contributed by atoms with van der Waals surface area (Å²) in [6.07, 6.45) is 5.76. The van der Waals surface area contributed by atoms with Crippen LogP contribution >= 0.6 is 0 Å². The second-order valence-corrected chi connectivity index (χ2v) is 6.56. The van der Waals surface area contributed by atoms with Crippen molar-refractivity contribution in [3.8, 4) is 0 Å². The molecule has 1 aliphatic carbocycles. The van der Waals surface area contributed by atoms with Crippen molar-refractivity contribution in [2.24, 2.45) is 5.92 Å². The molecule has 1 saturated carbocycles. The summed E-state index contributed by atoms with van der Waals surface area (Å²) in [6, 6.07) is 5.08. The van der Waals surface area contributed by atoms with Gasteiger partial charge in [0.05, 0.1) is 4.90 Å². The Labute approximate surface area is 107 Å². The van der Waals surface area contributed by atoms with E-state index in [0.29, 0.717) is 12.5 Å². The van der Waals surface area contributed by atoms with Crippen LogP contribution in [0.15, 0.2) is 29.2 Å². The van der Waals surface area contributed by atoms with Gasteiger partial charge in [-0.3, -0.25) is 0 Å². The van der Waals surface area contributed by atoms with Gasteiger partial charge >= 0.3 is 0 Å². The van der Waals surface area contributed by atoms with Crippen molar-refractivity contribution in [1.82, 2.24) is 4.72 Å². The molecular weight excluding hydrogens is 253 g/mol. The van der Waals surface area contributed by atoms with Crippen LogP contribution in [0.4, 0.5) is 4.39 Å². The second kappa shape index (κ2) is 5.80. The van der Waals surface area contributed by atoms with E-state index in [9.17, 15) is 12.8 Å². The fraction of sp³-hybridized carbons (Fsp3) is 0.538. The van der Waals surface area contributed by atoms with E-state index in [0.717, 1.165) is 12.5 Å². The minimum Gasteiger partial charge on any atom is -0.211 e. The summed E-state index contributed by atoms with van der Waals surface area (Å²) in [5.41, 5.74) is 0. The van der Waals surface area contributed by atoms with E-state index in [4.69, 9.17) is 0 Å². The Balaban J connectivity index is 1.90. The summed E-state index contributed by atoms with van der Waals surface area (Å²) in [6.45, 7) is 0.434. The van der Waals surface area contributed by atoms with Crippen molar-refractivity contribution in [3.05, 3.63) is 30.1 Å². The topological polar surface area (TPSA) is 46.2 Å². The lowest BCUT2D eigenvalue weighted by Gasteiger charge is -2.10. The first-order valence-corrected chi connectivity index (χ1v) is 7.81. The molecular formula is C13H18FNO2S. The lowest BCUT2D eigenvalue weighted by atomic mass is 10.1. The highest BCUT2D eigenvalue weighted by molar-refractivity contribution is 7.89. The third-order valence-corrected chi connectivity index (χ3v) is 4.88. The molecule has 0 atom stereocenters. The standard InChI is InChI=1S/C13H18FNO2S/c14-12-6-3-7-13(10-12)18(16,17)15-9-8-11-4-1-2-5-11/h3,6-7,10-11,15H,1-2,4-5,8-9H2. The Kier molecular flexibility index (Phi) is 4.35. The summed E-state index contributed by atoms with van der Waals surface area (Å²) in [5.74, 6) is 0.105. The van der Waals surface area contributed by atoms with Gasteiger partial charge < -0.3 is 0 Å². The molecule has 0 radical (unpaired) electrons. The van der Waals surface area contributed by atoms with Crippen LogP contribution in [0, 0.1) is 11.7 Å².